The lowest BCUT2D eigenvalue weighted by Gasteiger charge is -2.07. The van der Waals surface area contributed by atoms with Crippen molar-refractivity contribution in [3.05, 3.63) is 5.69 Å². The average Bonchev–Trinajstić information content (AvgIpc) is 2.92. The largest absolute Gasteiger partial charge is 0.481 e. The highest BCUT2D eigenvalue weighted by molar-refractivity contribution is 7.99. The number of hydrogen-bond donors (Lipinski definition) is 1. The Morgan fingerprint density at radius 2 is 2.19 bits per heavy atom. The Kier molecular flexibility index (Phi) is 5.04. The van der Waals surface area contributed by atoms with Crippen LogP contribution < -0.4 is 0 Å². The summed E-state index contributed by atoms with van der Waals surface area (Å²) >= 11 is 1.18. The molecule has 0 aliphatic heterocycles. The fourth-order valence-electron chi connectivity index (χ4n) is 2.12. The highest BCUT2D eigenvalue weighted by Crippen LogP contribution is 2.26. The lowest BCUT2D eigenvalue weighted by molar-refractivity contribution is -0.133. The van der Waals surface area contributed by atoms with Crippen molar-refractivity contribution in [2.75, 3.05) is 17.8 Å². The number of hydrogen-bond acceptors (Lipinski definition) is 5. The molecule has 1 N–H and O–H groups in total. The Labute approximate surface area is 129 Å². The number of carboxylic acid groups (broad SMARTS) is 1. The lowest BCUT2D eigenvalue weighted by Crippen LogP contribution is -2.11. The number of imidazole rings is 1. The number of rotatable bonds is 7. The van der Waals surface area contributed by atoms with E-state index in [0.717, 1.165) is 23.3 Å². The number of aliphatic carboxylic acids is 1. The Hall–Kier alpha value is -1.35. The normalized spacial score (nSPS) is 12.9. The molecule has 0 aliphatic rings. The molecule has 0 fully saturated rings. The van der Waals surface area contributed by atoms with Crippen molar-refractivity contribution in [3.63, 3.8) is 0 Å². The molecule has 21 heavy (non-hydrogen) atoms. The van der Waals surface area contributed by atoms with E-state index in [-0.39, 0.29) is 5.75 Å². The molecule has 0 saturated heterocycles. The molecule has 0 aromatic carbocycles. The Morgan fingerprint density at radius 3 is 2.76 bits per heavy atom. The van der Waals surface area contributed by atoms with Gasteiger partial charge in [-0.3, -0.25) is 13.7 Å². The zero-order valence-corrected chi connectivity index (χ0v) is 13.8. The van der Waals surface area contributed by atoms with Crippen molar-refractivity contribution in [1.82, 2.24) is 19.3 Å². The van der Waals surface area contributed by atoms with Crippen molar-refractivity contribution >= 4 is 39.7 Å². The molecular formula is C12H18N4O3S2. The third-order valence-corrected chi connectivity index (χ3v) is 4.74. The second kappa shape index (κ2) is 6.61. The molecule has 2 aromatic rings. The average molecular weight is 330 g/mol. The summed E-state index contributed by atoms with van der Waals surface area (Å²) in [6.07, 6.45) is 2.41. The molecule has 2 heterocycles. The van der Waals surface area contributed by atoms with Gasteiger partial charge in [-0.15, -0.1) is 0 Å². The predicted octanol–water partition coefficient (Wildman–Crippen LogP) is 0.887. The summed E-state index contributed by atoms with van der Waals surface area (Å²) < 4.78 is 15.0. The molecule has 9 heteroatoms. The third kappa shape index (κ3) is 3.46. The van der Waals surface area contributed by atoms with Gasteiger partial charge in [0.2, 0.25) is 0 Å². The van der Waals surface area contributed by atoms with Crippen LogP contribution >= 0.6 is 11.8 Å². The van der Waals surface area contributed by atoms with Gasteiger partial charge in [0.05, 0.1) is 11.4 Å². The van der Waals surface area contributed by atoms with E-state index in [4.69, 9.17) is 5.11 Å². The monoisotopic (exact) mass is 330 g/mol. The molecule has 0 bridgehead atoms. The van der Waals surface area contributed by atoms with Crippen LogP contribution in [0.4, 0.5) is 0 Å². The van der Waals surface area contributed by atoms with Crippen LogP contribution in [-0.2, 0) is 35.6 Å². The van der Waals surface area contributed by atoms with E-state index in [1.807, 2.05) is 18.5 Å². The van der Waals surface area contributed by atoms with Crippen LogP contribution in [0.15, 0.2) is 5.16 Å². The second-order valence-corrected chi connectivity index (χ2v) is 7.10. The molecule has 0 saturated carbocycles. The lowest BCUT2D eigenvalue weighted by atomic mass is 10.3. The zero-order valence-electron chi connectivity index (χ0n) is 12.2. The van der Waals surface area contributed by atoms with Crippen LogP contribution in [-0.4, -0.2) is 52.4 Å². The summed E-state index contributed by atoms with van der Waals surface area (Å²) in [6, 6.07) is 0. The smallest absolute Gasteiger partial charge is 0.313 e. The summed E-state index contributed by atoms with van der Waals surface area (Å²) in [5.41, 5.74) is 2.54. The molecular weight excluding hydrogens is 312 g/mol. The molecule has 0 aliphatic carbocycles. The molecule has 0 spiro atoms. The molecule has 116 valence electrons. The van der Waals surface area contributed by atoms with Crippen molar-refractivity contribution in [2.45, 2.75) is 25.0 Å². The molecule has 1 atom stereocenters. The zero-order chi connectivity index (χ0) is 15.6. The topological polar surface area (TPSA) is 90.0 Å². The van der Waals surface area contributed by atoms with Gasteiger partial charge in [-0.2, -0.15) is 5.10 Å². The number of nitrogens with zero attached hydrogens (tertiary/aromatic N) is 4. The fourth-order valence-corrected chi connectivity index (χ4v) is 3.30. The van der Waals surface area contributed by atoms with Gasteiger partial charge in [0.15, 0.2) is 10.8 Å². The Balaban J connectivity index is 2.46. The first-order chi connectivity index (χ1) is 9.93. The SMILES string of the molecule is CCc1nn(C)c2c1nc(SCC(=O)O)n2CCS(C)=O. The first kappa shape index (κ1) is 16.0. The number of aromatic nitrogens is 4. The van der Waals surface area contributed by atoms with Crippen LogP contribution in [0.2, 0.25) is 0 Å². The summed E-state index contributed by atoms with van der Waals surface area (Å²) in [6.45, 7) is 2.54. The van der Waals surface area contributed by atoms with Gasteiger partial charge in [-0.25, -0.2) is 4.98 Å². The van der Waals surface area contributed by atoms with Gasteiger partial charge >= 0.3 is 5.97 Å². The minimum Gasteiger partial charge on any atom is -0.481 e. The summed E-state index contributed by atoms with van der Waals surface area (Å²) in [7, 11) is 0.922. The van der Waals surface area contributed by atoms with E-state index in [2.05, 4.69) is 10.1 Å². The van der Waals surface area contributed by atoms with Gasteiger partial charge in [-0.1, -0.05) is 18.7 Å². The standard InChI is InChI=1S/C12H18N4O3S2/c1-4-8-10-11(15(2)14-8)16(5-6-21(3)19)12(13-10)20-7-9(17)18/h4-7H2,1-3H3,(H,17,18). The van der Waals surface area contributed by atoms with Crippen LogP contribution in [0, 0.1) is 0 Å². The first-order valence-electron chi connectivity index (χ1n) is 6.50. The molecule has 2 rings (SSSR count). The maximum atomic E-state index is 11.4. The predicted molar refractivity (Wildman–Crippen MR) is 83.2 cm³/mol. The second-order valence-electron chi connectivity index (χ2n) is 4.60. The van der Waals surface area contributed by atoms with Gasteiger partial charge < -0.3 is 9.67 Å². The van der Waals surface area contributed by atoms with E-state index in [1.54, 1.807) is 10.9 Å². The summed E-state index contributed by atoms with van der Waals surface area (Å²) in [5, 5.41) is 13.9. The molecule has 1 unspecified atom stereocenters. The first-order valence-corrected chi connectivity index (χ1v) is 9.22. The van der Waals surface area contributed by atoms with Gasteiger partial charge in [0.1, 0.15) is 5.52 Å². The molecule has 7 nitrogen and oxygen atoms in total. The fraction of sp³-hybridized carbons (Fsp3) is 0.583. The molecule has 2 aromatic heterocycles. The molecule has 0 radical (unpaired) electrons. The maximum absolute atomic E-state index is 11.4. The Bertz CT molecular complexity index is 692. The minimum atomic E-state index is -0.920. The van der Waals surface area contributed by atoms with E-state index < -0.39 is 16.8 Å². The van der Waals surface area contributed by atoms with Gasteiger partial charge in [0.25, 0.3) is 0 Å². The number of fused-ring (bicyclic) bond motifs is 1. The number of thioether (sulfide) groups is 1. The van der Waals surface area contributed by atoms with Gasteiger partial charge in [0, 0.05) is 36.4 Å². The highest BCUT2D eigenvalue weighted by atomic mass is 32.2. The number of aryl methyl sites for hydroxylation is 3. The quantitative estimate of drug-likeness (QED) is 0.758. The minimum absolute atomic E-state index is 0.0482. The van der Waals surface area contributed by atoms with E-state index in [9.17, 15) is 9.00 Å². The highest BCUT2D eigenvalue weighted by Gasteiger charge is 2.19. The van der Waals surface area contributed by atoms with Gasteiger partial charge in [-0.05, 0) is 6.42 Å². The van der Waals surface area contributed by atoms with Crippen molar-refractivity contribution in [1.29, 1.82) is 0 Å². The van der Waals surface area contributed by atoms with E-state index >= 15 is 0 Å². The van der Waals surface area contributed by atoms with Crippen LogP contribution in [0.5, 0.6) is 0 Å². The summed E-state index contributed by atoms with van der Waals surface area (Å²) in [4.78, 5) is 15.3. The van der Waals surface area contributed by atoms with Crippen LogP contribution in [0.1, 0.15) is 12.6 Å². The van der Waals surface area contributed by atoms with Crippen molar-refractivity contribution in [2.24, 2.45) is 7.05 Å². The van der Waals surface area contributed by atoms with Crippen molar-refractivity contribution < 1.29 is 14.1 Å². The Morgan fingerprint density at radius 1 is 1.48 bits per heavy atom. The number of carbonyl (C=O) groups is 1. The third-order valence-electron chi connectivity index (χ3n) is 3.02. The van der Waals surface area contributed by atoms with Crippen LogP contribution in [0.25, 0.3) is 11.2 Å². The van der Waals surface area contributed by atoms with Crippen LogP contribution in [0.3, 0.4) is 0 Å². The molecule has 0 amide bonds. The van der Waals surface area contributed by atoms with E-state index in [1.165, 1.54) is 11.8 Å². The van der Waals surface area contributed by atoms with Crippen molar-refractivity contribution in [3.8, 4) is 0 Å². The summed E-state index contributed by atoms with van der Waals surface area (Å²) in [5.74, 6) is -0.432. The number of carboxylic acids is 1. The van der Waals surface area contributed by atoms with E-state index in [0.29, 0.717) is 17.5 Å². The maximum Gasteiger partial charge on any atom is 0.313 e.